The SMILES string of the molecule is Nc1ccn(C2OC(COP(=O)([O-])O[C@@]3(C(=O)[O-])C[C@H](O)[C@@H](NC(=O)CC(=O)O)C([C@H](O)[C@H](O)CO)O3)[C@@H](O)[C@H]2O)c(=O)n1. The second-order valence-corrected chi connectivity index (χ2v) is 11.1. The number of carbonyl (C=O) groups is 3. The van der Waals surface area contributed by atoms with Crippen LogP contribution < -0.4 is 26.7 Å². The second kappa shape index (κ2) is 13.9. The highest BCUT2D eigenvalue weighted by atomic mass is 31.2. The zero-order valence-corrected chi connectivity index (χ0v) is 23.1. The van der Waals surface area contributed by atoms with Gasteiger partial charge in [0.05, 0.1) is 25.4 Å². The molecule has 2 saturated heterocycles. The van der Waals surface area contributed by atoms with Gasteiger partial charge < -0.3 is 75.6 Å². The van der Waals surface area contributed by atoms with E-state index in [0.29, 0.717) is 0 Å². The Bertz CT molecular complexity index is 1330. The lowest BCUT2D eigenvalue weighted by Crippen LogP contribution is -2.69. The number of nitrogens with zero attached hydrogens (tertiary/aromatic N) is 2. The zero-order chi connectivity index (χ0) is 33.1. The van der Waals surface area contributed by atoms with E-state index in [1.165, 1.54) is 0 Å². The number of hydrogen-bond acceptors (Lipinski definition) is 19. The Kier molecular flexibility index (Phi) is 11.2. The number of phosphoric ester groups is 1. The van der Waals surface area contributed by atoms with Crippen molar-refractivity contribution >= 4 is 31.5 Å². The summed E-state index contributed by atoms with van der Waals surface area (Å²) >= 11 is 0. The molecule has 3 rings (SSSR count). The quantitative estimate of drug-likeness (QED) is 0.0703. The standard InChI is InChI=1S/C21H31N4O18P/c22-10-1-2-25(20(37)23-10)18-16(34)15(33)9(41-18)6-40-44(38,39)43-21(19(35)36)4-7(27)13(24-11(29)3-12(30)31)17(42-21)14(32)8(28)5-26/h1-2,7-9,13-18,26-28,32-34H,3-6H2,(H,24,29)(H,30,31)(H,35,36)(H,38,39)(H2,22,23,37)/p-2/t7-,8+,9?,13+,14+,15+,16+,17?,18?,21+/m0/s1. The molecule has 1 amide bonds. The number of aliphatic hydroxyl groups excluding tert-OH is 6. The van der Waals surface area contributed by atoms with E-state index in [-0.39, 0.29) is 5.82 Å². The Morgan fingerprint density at radius 3 is 2.50 bits per heavy atom. The van der Waals surface area contributed by atoms with Gasteiger partial charge in [0.15, 0.2) is 6.23 Å². The minimum Gasteiger partial charge on any atom is -0.756 e. The van der Waals surface area contributed by atoms with Crippen LogP contribution >= 0.6 is 7.82 Å². The van der Waals surface area contributed by atoms with Crippen LogP contribution in [-0.2, 0) is 37.5 Å². The van der Waals surface area contributed by atoms with Gasteiger partial charge in [0.2, 0.25) is 11.7 Å². The number of anilines is 1. The molecule has 22 nitrogen and oxygen atoms in total. The summed E-state index contributed by atoms with van der Waals surface area (Å²) in [5.74, 6) is -9.04. The normalized spacial score (nSPS) is 33.2. The molecular formula is C21H29N4O18P-2. The Hall–Kier alpha value is -3.12. The van der Waals surface area contributed by atoms with E-state index < -0.39 is 118 Å². The molecule has 0 saturated carbocycles. The fourth-order valence-corrected chi connectivity index (χ4v) is 5.38. The van der Waals surface area contributed by atoms with Crippen LogP contribution in [0.1, 0.15) is 19.1 Å². The molecule has 44 heavy (non-hydrogen) atoms. The van der Waals surface area contributed by atoms with Crippen molar-refractivity contribution in [3.8, 4) is 0 Å². The number of aromatic nitrogens is 2. The number of hydrogen-bond donors (Lipinski definition) is 9. The molecule has 248 valence electrons. The minimum absolute atomic E-state index is 0.171. The number of rotatable bonds is 13. The Morgan fingerprint density at radius 1 is 1.27 bits per heavy atom. The van der Waals surface area contributed by atoms with Gasteiger partial charge in [0.1, 0.15) is 54.8 Å². The predicted molar refractivity (Wildman–Crippen MR) is 130 cm³/mol. The number of nitrogens with one attached hydrogen (secondary N) is 1. The molecule has 4 unspecified atom stereocenters. The second-order valence-electron chi connectivity index (χ2n) is 9.72. The molecule has 11 atom stereocenters. The smallest absolute Gasteiger partial charge is 0.351 e. The summed E-state index contributed by atoms with van der Waals surface area (Å²) in [6.07, 6.45) is -17.3. The molecule has 2 aliphatic rings. The van der Waals surface area contributed by atoms with Crippen LogP contribution in [0.5, 0.6) is 0 Å². The van der Waals surface area contributed by atoms with Gasteiger partial charge in [-0.2, -0.15) is 4.98 Å². The molecule has 3 heterocycles. The van der Waals surface area contributed by atoms with Crippen molar-refractivity contribution in [2.45, 2.75) is 73.6 Å². The van der Waals surface area contributed by atoms with Crippen LogP contribution in [-0.4, -0.2) is 131 Å². The van der Waals surface area contributed by atoms with E-state index in [2.05, 4.69) is 14.0 Å². The van der Waals surface area contributed by atoms with Crippen LogP contribution in [0, 0.1) is 0 Å². The van der Waals surface area contributed by atoms with E-state index >= 15 is 0 Å². The first kappa shape index (κ1) is 35.4. The summed E-state index contributed by atoms with van der Waals surface area (Å²) in [6, 6.07) is -0.718. The minimum atomic E-state index is -5.90. The van der Waals surface area contributed by atoms with E-state index in [1.54, 1.807) is 0 Å². The monoisotopic (exact) mass is 656 g/mol. The third-order valence-corrected chi connectivity index (χ3v) is 7.54. The van der Waals surface area contributed by atoms with Crippen LogP contribution in [0.15, 0.2) is 17.1 Å². The Morgan fingerprint density at radius 2 is 1.93 bits per heavy atom. The van der Waals surface area contributed by atoms with Crippen LogP contribution in [0.3, 0.4) is 0 Å². The van der Waals surface area contributed by atoms with E-state index in [9.17, 15) is 64.4 Å². The number of aliphatic carboxylic acids is 2. The summed E-state index contributed by atoms with van der Waals surface area (Å²) in [4.78, 5) is 63.2. The highest BCUT2D eigenvalue weighted by Gasteiger charge is 2.54. The van der Waals surface area contributed by atoms with E-state index in [0.717, 1.165) is 16.8 Å². The van der Waals surface area contributed by atoms with Gasteiger partial charge in [0.25, 0.3) is 7.82 Å². The van der Waals surface area contributed by atoms with Crippen LogP contribution in [0.25, 0.3) is 0 Å². The Labute approximate surface area is 245 Å². The van der Waals surface area contributed by atoms with Crippen LogP contribution in [0.2, 0.25) is 0 Å². The number of ether oxygens (including phenoxy) is 2. The fourth-order valence-electron chi connectivity index (χ4n) is 4.44. The average Bonchev–Trinajstić information content (AvgIpc) is 3.20. The van der Waals surface area contributed by atoms with Crippen molar-refractivity contribution < 1.29 is 83.2 Å². The van der Waals surface area contributed by atoms with Gasteiger partial charge in [-0.25, -0.2) is 4.79 Å². The van der Waals surface area contributed by atoms with Crippen molar-refractivity contribution in [1.29, 1.82) is 0 Å². The molecule has 0 radical (unpaired) electrons. The first-order chi connectivity index (χ1) is 20.4. The van der Waals surface area contributed by atoms with E-state index in [4.69, 9.17) is 20.3 Å². The molecule has 1 aromatic heterocycles. The third kappa shape index (κ3) is 7.93. The van der Waals surface area contributed by atoms with Crippen molar-refractivity contribution in [3.05, 3.63) is 22.7 Å². The molecule has 10 N–H and O–H groups in total. The van der Waals surface area contributed by atoms with Crippen molar-refractivity contribution in [3.63, 3.8) is 0 Å². The summed E-state index contributed by atoms with van der Waals surface area (Å²) in [5, 5.41) is 83.6. The summed E-state index contributed by atoms with van der Waals surface area (Å²) in [6.45, 7) is -2.33. The molecule has 2 aliphatic heterocycles. The third-order valence-electron chi connectivity index (χ3n) is 6.56. The summed E-state index contributed by atoms with van der Waals surface area (Å²) < 4.78 is 33.0. The highest BCUT2D eigenvalue weighted by Crippen LogP contribution is 2.48. The molecule has 0 aromatic carbocycles. The first-order valence-corrected chi connectivity index (χ1v) is 14.0. The topological polar surface area (TPSA) is 366 Å². The van der Waals surface area contributed by atoms with Gasteiger partial charge in [0, 0.05) is 12.6 Å². The highest BCUT2D eigenvalue weighted by molar-refractivity contribution is 7.45. The van der Waals surface area contributed by atoms with Gasteiger partial charge in [-0.1, -0.05) is 0 Å². The maximum absolute atomic E-state index is 12.7. The maximum atomic E-state index is 12.7. The molecule has 0 spiro atoms. The first-order valence-electron chi connectivity index (χ1n) is 12.5. The maximum Gasteiger partial charge on any atom is 0.351 e. The molecule has 0 aliphatic carbocycles. The number of phosphoric acid groups is 1. The zero-order valence-electron chi connectivity index (χ0n) is 22.2. The van der Waals surface area contributed by atoms with Gasteiger partial charge >= 0.3 is 11.7 Å². The van der Waals surface area contributed by atoms with Gasteiger partial charge in [-0.05, 0) is 6.07 Å². The lowest BCUT2D eigenvalue weighted by atomic mass is 9.88. The average molecular weight is 656 g/mol. The summed E-state index contributed by atoms with van der Waals surface area (Å²) in [5.41, 5.74) is 4.40. The van der Waals surface area contributed by atoms with Crippen molar-refractivity contribution in [1.82, 2.24) is 14.9 Å². The lowest BCUT2D eigenvalue weighted by molar-refractivity contribution is -0.377. The van der Waals surface area contributed by atoms with Crippen LogP contribution in [0.4, 0.5) is 5.82 Å². The number of nitrogens with two attached hydrogens (primary N) is 1. The lowest BCUT2D eigenvalue weighted by Gasteiger charge is -2.50. The molecule has 23 heteroatoms. The largest absolute Gasteiger partial charge is 0.756 e. The molecule has 2 fully saturated rings. The molecular weight excluding hydrogens is 627 g/mol. The number of amides is 1. The van der Waals surface area contributed by atoms with Gasteiger partial charge in [-0.3, -0.25) is 23.2 Å². The number of carbonyl (C=O) groups excluding carboxylic acids is 2. The Balaban J connectivity index is 1.80. The van der Waals surface area contributed by atoms with Crippen molar-refractivity contribution in [2.75, 3.05) is 18.9 Å². The molecule has 0 bridgehead atoms. The summed E-state index contributed by atoms with van der Waals surface area (Å²) in [7, 11) is -5.90. The number of carboxylic acids is 2. The number of carboxylic acid groups (broad SMARTS) is 2. The van der Waals surface area contributed by atoms with E-state index in [1.807, 2.05) is 5.32 Å². The number of aliphatic hydroxyl groups is 6. The fraction of sp³-hybridized carbons (Fsp3) is 0.667. The van der Waals surface area contributed by atoms with Crippen molar-refractivity contribution in [2.24, 2.45) is 0 Å². The van der Waals surface area contributed by atoms with Gasteiger partial charge in [-0.15, -0.1) is 0 Å². The number of nitrogen functional groups attached to an aromatic ring is 1. The molecule has 1 aromatic rings. The predicted octanol–water partition coefficient (Wildman–Crippen LogP) is -7.78.